The molecule has 0 saturated carbocycles. The zero-order valence-corrected chi connectivity index (χ0v) is 7.70. The Morgan fingerprint density at radius 1 is 1.73 bits per heavy atom. The van der Waals surface area contributed by atoms with Crippen molar-refractivity contribution in [3.63, 3.8) is 0 Å². The molecule has 1 N–H and O–H groups in total. The van der Waals surface area contributed by atoms with Crippen molar-refractivity contribution in [1.29, 1.82) is 0 Å². The van der Waals surface area contributed by atoms with E-state index < -0.39 is 0 Å². The average molecular weight is 174 g/mol. The third kappa shape index (κ3) is 1.68. The summed E-state index contributed by atoms with van der Waals surface area (Å²) in [6.07, 6.45) is 0. The molecule has 0 spiro atoms. The molecule has 1 aliphatic heterocycles. The fraction of sp³-hybridized carbons (Fsp3) is 0.714. The molecular formula is C7H12NO2S. The number of ether oxygens (including phenoxy) is 1. The van der Waals surface area contributed by atoms with Crippen LogP contribution in [0.15, 0.2) is 0 Å². The Kier molecular flexibility index (Phi) is 2.44. The van der Waals surface area contributed by atoms with Gasteiger partial charge in [0.25, 0.3) is 0 Å². The lowest BCUT2D eigenvalue weighted by molar-refractivity contribution is -0.143. The Morgan fingerprint density at radius 2 is 2.36 bits per heavy atom. The fourth-order valence-corrected chi connectivity index (χ4v) is 1.80. The summed E-state index contributed by atoms with van der Waals surface area (Å²) in [5, 5.41) is 2.96. The summed E-state index contributed by atoms with van der Waals surface area (Å²) in [5.74, 6) is 1.64. The van der Waals surface area contributed by atoms with Gasteiger partial charge in [-0.15, -0.1) is 11.8 Å². The third-order valence-electron chi connectivity index (χ3n) is 1.73. The molecule has 4 heteroatoms. The van der Waals surface area contributed by atoms with Gasteiger partial charge in [-0.2, -0.15) is 0 Å². The molecule has 1 rings (SSSR count). The van der Waals surface area contributed by atoms with E-state index in [4.69, 9.17) is 0 Å². The number of carbonyl (C=O) groups is 1. The van der Waals surface area contributed by atoms with E-state index in [-0.39, 0.29) is 16.8 Å². The lowest BCUT2D eigenvalue weighted by Crippen LogP contribution is -2.43. The van der Waals surface area contributed by atoms with E-state index in [9.17, 15) is 4.79 Å². The molecule has 1 saturated heterocycles. The maximum Gasteiger partial charge on any atom is 0.324 e. The SMILES string of the molecule is COC(=O)C1N[CH]SC1(C)C. The highest BCUT2D eigenvalue weighted by molar-refractivity contribution is 8.02. The smallest absolute Gasteiger partial charge is 0.324 e. The van der Waals surface area contributed by atoms with Gasteiger partial charge in [-0.3, -0.25) is 10.1 Å². The highest BCUT2D eigenvalue weighted by Crippen LogP contribution is 2.35. The molecule has 1 heterocycles. The van der Waals surface area contributed by atoms with Gasteiger partial charge in [-0.1, -0.05) is 0 Å². The van der Waals surface area contributed by atoms with Crippen LogP contribution in [0.4, 0.5) is 0 Å². The molecule has 11 heavy (non-hydrogen) atoms. The predicted molar refractivity (Wildman–Crippen MR) is 44.9 cm³/mol. The van der Waals surface area contributed by atoms with Gasteiger partial charge in [0.15, 0.2) is 0 Å². The molecule has 0 amide bonds. The second-order valence-corrected chi connectivity index (χ2v) is 4.49. The van der Waals surface area contributed by atoms with Crippen molar-refractivity contribution in [1.82, 2.24) is 5.32 Å². The molecule has 0 aromatic carbocycles. The fourth-order valence-electron chi connectivity index (χ4n) is 0.992. The molecular weight excluding hydrogens is 162 g/mol. The summed E-state index contributed by atoms with van der Waals surface area (Å²) < 4.78 is 4.54. The molecule has 1 atom stereocenters. The minimum absolute atomic E-state index is 0.0902. The van der Waals surface area contributed by atoms with Crippen LogP contribution in [-0.2, 0) is 9.53 Å². The van der Waals surface area contributed by atoms with Crippen molar-refractivity contribution in [2.75, 3.05) is 7.11 Å². The second kappa shape index (κ2) is 3.03. The van der Waals surface area contributed by atoms with Crippen LogP contribution in [0.25, 0.3) is 0 Å². The first-order valence-electron chi connectivity index (χ1n) is 3.41. The van der Waals surface area contributed by atoms with Gasteiger partial charge in [-0.05, 0) is 13.8 Å². The van der Waals surface area contributed by atoms with Gasteiger partial charge >= 0.3 is 5.97 Å². The maximum atomic E-state index is 11.1. The summed E-state index contributed by atoms with van der Waals surface area (Å²) in [5.41, 5.74) is 0. The van der Waals surface area contributed by atoms with Crippen LogP contribution in [0.1, 0.15) is 13.8 Å². The quantitative estimate of drug-likeness (QED) is 0.596. The van der Waals surface area contributed by atoms with Crippen molar-refractivity contribution in [2.24, 2.45) is 0 Å². The zero-order chi connectivity index (χ0) is 8.48. The van der Waals surface area contributed by atoms with Crippen LogP contribution in [0, 0.1) is 5.88 Å². The van der Waals surface area contributed by atoms with Gasteiger partial charge in [0.2, 0.25) is 0 Å². The molecule has 0 bridgehead atoms. The summed E-state index contributed by atoms with van der Waals surface area (Å²) in [6.45, 7) is 4.02. The Morgan fingerprint density at radius 3 is 2.73 bits per heavy atom. The number of esters is 1. The monoisotopic (exact) mass is 174 g/mol. The van der Waals surface area contributed by atoms with E-state index in [0.717, 1.165) is 0 Å². The molecule has 0 aromatic rings. The highest BCUT2D eigenvalue weighted by atomic mass is 32.2. The maximum absolute atomic E-state index is 11.1. The predicted octanol–water partition coefficient (Wildman–Crippen LogP) is 0.762. The van der Waals surface area contributed by atoms with Crippen molar-refractivity contribution < 1.29 is 9.53 Å². The second-order valence-electron chi connectivity index (χ2n) is 2.96. The first-order valence-corrected chi connectivity index (χ1v) is 4.29. The topological polar surface area (TPSA) is 38.3 Å². The molecule has 1 aliphatic rings. The molecule has 0 aliphatic carbocycles. The van der Waals surface area contributed by atoms with Gasteiger partial charge in [0, 0.05) is 4.75 Å². The first-order chi connectivity index (χ1) is 5.08. The largest absolute Gasteiger partial charge is 0.468 e. The Labute approximate surface area is 70.9 Å². The van der Waals surface area contributed by atoms with Crippen LogP contribution in [0.5, 0.6) is 0 Å². The number of nitrogens with one attached hydrogen (secondary N) is 1. The number of methoxy groups -OCH3 is 1. The van der Waals surface area contributed by atoms with Gasteiger partial charge in [-0.25, -0.2) is 0 Å². The third-order valence-corrected chi connectivity index (χ3v) is 2.83. The summed E-state index contributed by atoms with van der Waals surface area (Å²) in [7, 11) is 1.41. The number of hydrogen-bond donors (Lipinski definition) is 1. The Bertz CT molecular complexity index is 170. The Balaban J connectivity index is 2.64. The van der Waals surface area contributed by atoms with Crippen LogP contribution in [0.2, 0.25) is 0 Å². The minimum atomic E-state index is -0.211. The van der Waals surface area contributed by atoms with Gasteiger partial charge in [0.1, 0.15) is 6.04 Å². The van der Waals surface area contributed by atoms with Crippen LogP contribution in [0.3, 0.4) is 0 Å². The number of thioether (sulfide) groups is 1. The van der Waals surface area contributed by atoms with E-state index in [2.05, 4.69) is 10.1 Å². The highest BCUT2D eigenvalue weighted by Gasteiger charge is 2.41. The lowest BCUT2D eigenvalue weighted by Gasteiger charge is -2.22. The van der Waals surface area contributed by atoms with E-state index in [1.54, 1.807) is 11.8 Å². The normalized spacial score (nSPS) is 28.5. The zero-order valence-electron chi connectivity index (χ0n) is 6.88. The Hall–Kier alpha value is -0.220. The van der Waals surface area contributed by atoms with Crippen molar-refractivity contribution in [3.05, 3.63) is 5.88 Å². The molecule has 63 valence electrons. The van der Waals surface area contributed by atoms with E-state index in [1.807, 2.05) is 19.7 Å². The average Bonchev–Trinajstić information content (AvgIpc) is 2.28. The van der Waals surface area contributed by atoms with Gasteiger partial charge in [0.05, 0.1) is 13.0 Å². The molecule has 1 unspecified atom stereocenters. The van der Waals surface area contributed by atoms with Crippen LogP contribution in [-0.4, -0.2) is 23.9 Å². The first kappa shape index (κ1) is 8.87. The van der Waals surface area contributed by atoms with Crippen molar-refractivity contribution >= 4 is 17.7 Å². The minimum Gasteiger partial charge on any atom is -0.468 e. The number of rotatable bonds is 1. The van der Waals surface area contributed by atoms with Crippen LogP contribution < -0.4 is 5.32 Å². The molecule has 1 fully saturated rings. The number of hydrogen-bond acceptors (Lipinski definition) is 4. The van der Waals surface area contributed by atoms with E-state index >= 15 is 0 Å². The van der Waals surface area contributed by atoms with E-state index in [0.29, 0.717) is 0 Å². The summed E-state index contributed by atoms with van der Waals surface area (Å²) >= 11 is 1.61. The summed E-state index contributed by atoms with van der Waals surface area (Å²) in [6, 6.07) is -0.211. The van der Waals surface area contributed by atoms with Crippen LogP contribution >= 0.6 is 11.8 Å². The molecule has 3 nitrogen and oxygen atoms in total. The van der Waals surface area contributed by atoms with Crippen molar-refractivity contribution in [3.8, 4) is 0 Å². The molecule has 0 aromatic heterocycles. The lowest BCUT2D eigenvalue weighted by atomic mass is 10.0. The summed E-state index contributed by atoms with van der Waals surface area (Å²) in [4.78, 5) is 11.1. The molecule has 1 radical (unpaired) electrons. The standard InChI is InChI=1S/C7H12NO2S/c1-7(2)5(6(9)10-3)8-4-11-7/h4-5,8H,1-3H3. The van der Waals surface area contributed by atoms with Gasteiger partial charge < -0.3 is 4.74 Å². The van der Waals surface area contributed by atoms with Crippen molar-refractivity contribution in [2.45, 2.75) is 24.6 Å². The van der Waals surface area contributed by atoms with E-state index in [1.165, 1.54) is 7.11 Å². The number of carbonyl (C=O) groups excluding carboxylic acids is 1.